The SMILES string of the molecule is CNC1(C)CCN(c2cc(F)c(C(=O)Nc3cn4cc(C)nc4c(F)c3OC)c3nn(C)cc23)CC1. The van der Waals surface area contributed by atoms with E-state index in [4.69, 9.17) is 4.74 Å². The summed E-state index contributed by atoms with van der Waals surface area (Å²) in [6.07, 6.45) is 6.70. The quantitative estimate of drug-likeness (QED) is 0.438. The number of hydrogen-bond acceptors (Lipinski definition) is 6. The van der Waals surface area contributed by atoms with Gasteiger partial charge >= 0.3 is 0 Å². The first-order chi connectivity index (χ1) is 17.1. The van der Waals surface area contributed by atoms with Crippen molar-refractivity contribution in [3.05, 3.63) is 47.5 Å². The molecular formula is C25H29F2N7O2. The maximum atomic E-state index is 15.6. The van der Waals surface area contributed by atoms with E-state index in [0.29, 0.717) is 16.8 Å². The van der Waals surface area contributed by atoms with E-state index in [1.807, 2.05) is 7.05 Å². The number of piperidine rings is 1. The molecule has 4 aromatic rings. The molecule has 0 saturated carbocycles. The fraction of sp³-hybridized carbons (Fsp3) is 0.400. The number of hydrogen-bond donors (Lipinski definition) is 2. The van der Waals surface area contributed by atoms with Gasteiger partial charge in [0.2, 0.25) is 5.82 Å². The number of benzene rings is 1. The summed E-state index contributed by atoms with van der Waals surface area (Å²) in [5, 5.41) is 11.1. The minimum absolute atomic E-state index is 0.0339. The van der Waals surface area contributed by atoms with Gasteiger partial charge in [-0.3, -0.25) is 9.48 Å². The molecule has 1 aliphatic rings. The van der Waals surface area contributed by atoms with Crippen LogP contribution in [0, 0.1) is 18.6 Å². The Morgan fingerprint density at radius 1 is 1.19 bits per heavy atom. The van der Waals surface area contributed by atoms with Gasteiger partial charge in [0.25, 0.3) is 5.91 Å². The van der Waals surface area contributed by atoms with Gasteiger partial charge in [0.15, 0.2) is 11.4 Å². The lowest BCUT2D eigenvalue weighted by molar-refractivity contribution is 0.102. The van der Waals surface area contributed by atoms with E-state index < -0.39 is 17.5 Å². The molecule has 190 valence electrons. The molecule has 9 nitrogen and oxygen atoms in total. The summed E-state index contributed by atoms with van der Waals surface area (Å²) >= 11 is 0. The van der Waals surface area contributed by atoms with Crippen molar-refractivity contribution in [2.24, 2.45) is 7.05 Å². The van der Waals surface area contributed by atoms with Crippen LogP contribution in [-0.4, -0.2) is 57.9 Å². The molecule has 0 aliphatic carbocycles. The minimum Gasteiger partial charge on any atom is -0.491 e. The van der Waals surface area contributed by atoms with E-state index in [1.165, 1.54) is 23.8 Å². The third kappa shape index (κ3) is 3.93. The van der Waals surface area contributed by atoms with Crippen LogP contribution in [0.2, 0.25) is 0 Å². The minimum atomic E-state index is -0.752. The molecule has 0 bridgehead atoms. The van der Waals surface area contributed by atoms with Crippen molar-refractivity contribution >= 4 is 33.8 Å². The Balaban J connectivity index is 1.54. The number of anilines is 2. The molecule has 1 saturated heterocycles. The lowest BCUT2D eigenvalue weighted by Gasteiger charge is -2.40. The largest absolute Gasteiger partial charge is 0.491 e. The van der Waals surface area contributed by atoms with Crippen LogP contribution in [0.25, 0.3) is 16.6 Å². The number of amides is 1. The molecule has 1 fully saturated rings. The van der Waals surface area contributed by atoms with Gasteiger partial charge in [0.05, 0.1) is 18.5 Å². The Kier molecular flexibility index (Phi) is 5.82. The first-order valence-corrected chi connectivity index (χ1v) is 11.8. The summed E-state index contributed by atoms with van der Waals surface area (Å²) < 4.78 is 38.8. The van der Waals surface area contributed by atoms with Gasteiger partial charge in [-0.25, -0.2) is 9.37 Å². The monoisotopic (exact) mass is 497 g/mol. The van der Waals surface area contributed by atoms with Gasteiger partial charge in [-0.15, -0.1) is 0 Å². The van der Waals surface area contributed by atoms with Crippen LogP contribution in [0.3, 0.4) is 0 Å². The van der Waals surface area contributed by atoms with Crippen molar-refractivity contribution in [1.29, 1.82) is 0 Å². The van der Waals surface area contributed by atoms with Crippen molar-refractivity contribution in [2.45, 2.75) is 32.2 Å². The number of methoxy groups -OCH3 is 1. The second-order valence-corrected chi connectivity index (χ2v) is 9.57. The summed E-state index contributed by atoms with van der Waals surface area (Å²) in [6, 6.07) is 1.39. The van der Waals surface area contributed by atoms with Crippen LogP contribution in [-0.2, 0) is 7.05 Å². The molecule has 0 atom stereocenters. The zero-order valence-corrected chi connectivity index (χ0v) is 20.9. The van der Waals surface area contributed by atoms with Gasteiger partial charge in [0.1, 0.15) is 22.6 Å². The highest BCUT2D eigenvalue weighted by Crippen LogP contribution is 2.36. The molecule has 5 rings (SSSR count). The molecule has 36 heavy (non-hydrogen) atoms. The summed E-state index contributed by atoms with van der Waals surface area (Å²) in [7, 11) is 4.98. The molecule has 0 radical (unpaired) electrons. The van der Waals surface area contributed by atoms with E-state index in [2.05, 4.69) is 32.5 Å². The fourth-order valence-corrected chi connectivity index (χ4v) is 4.88. The third-order valence-electron chi connectivity index (χ3n) is 7.10. The van der Waals surface area contributed by atoms with Gasteiger partial charge in [-0.05, 0) is 39.8 Å². The number of carbonyl (C=O) groups excluding carboxylic acids is 1. The van der Waals surface area contributed by atoms with Crippen molar-refractivity contribution in [1.82, 2.24) is 24.5 Å². The molecular weight excluding hydrogens is 468 g/mol. The predicted octanol–water partition coefficient (Wildman–Crippen LogP) is 3.65. The highest BCUT2D eigenvalue weighted by molar-refractivity contribution is 6.14. The lowest BCUT2D eigenvalue weighted by Crippen LogP contribution is -2.50. The molecule has 0 unspecified atom stereocenters. The van der Waals surface area contributed by atoms with Crippen LogP contribution in [0.15, 0.2) is 24.7 Å². The van der Waals surface area contributed by atoms with Crippen molar-refractivity contribution in [2.75, 3.05) is 37.5 Å². The maximum absolute atomic E-state index is 15.6. The molecule has 0 spiro atoms. The molecule has 3 aromatic heterocycles. The Morgan fingerprint density at radius 3 is 2.58 bits per heavy atom. The van der Waals surface area contributed by atoms with Crippen molar-refractivity contribution in [3.63, 3.8) is 0 Å². The second kappa shape index (κ2) is 8.74. The number of halogens is 2. The lowest BCUT2D eigenvalue weighted by atomic mass is 9.89. The first-order valence-electron chi connectivity index (χ1n) is 11.8. The van der Waals surface area contributed by atoms with Crippen LogP contribution in [0.5, 0.6) is 5.75 Å². The van der Waals surface area contributed by atoms with Crippen molar-refractivity contribution in [3.8, 4) is 5.75 Å². The number of ether oxygens (including phenoxy) is 1. The molecule has 4 heterocycles. The summed E-state index contributed by atoms with van der Waals surface area (Å²) in [4.78, 5) is 19.6. The smallest absolute Gasteiger partial charge is 0.261 e. The zero-order valence-electron chi connectivity index (χ0n) is 20.9. The number of pyridine rings is 1. The van der Waals surface area contributed by atoms with E-state index in [1.54, 1.807) is 31.0 Å². The van der Waals surface area contributed by atoms with E-state index in [-0.39, 0.29) is 33.7 Å². The number of carbonyl (C=O) groups is 1. The normalized spacial score (nSPS) is 15.6. The predicted molar refractivity (Wildman–Crippen MR) is 134 cm³/mol. The number of aryl methyl sites for hydroxylation is 2. The molecule has 11 heteroatoms. The zero-order chi connectivity index (χ0) is 25.8. The molecule has 1 aliphatic heterocycles. The Labute approximate surface area is 207 Å². The number of imidazole rings is 1. The molecule has 1 amide bonds. The van der Waals surface area contributed by atoms with Gasteiger partial charge < -0.3 is 24.7 Å². The van der Waals surface area contributed by atoms with Gasteiger partial charge in [0, 0.05) is 49.7 Å². The van der Waals surface area contributed by atoms with Gasteiger partial charge in [-0.1, -0.05) is 0 Å². The average molecular weight is 498 g/mol. The van der Waals surface area contributed by atoms with Crippen LogP contribution in [0.4, 0.5) is 20.2 Å². The van der Waals surface area contributed by atoms with Crippen LogP contribution in [0.1, 0.15) is 35.8 Å². The summed E-state index contributed by atoms with van der Waals surface area (Å²) in [6.45, 7) is 5.39. The number of fused-ring (bicyclic) bond motifs is 2. The van der Waals surface area contributed by atoms with Crippen LogP contribution >= 0.6 is 0 Å². The second-order valence-electron chi connectivity index (χ2n) is 9.57. The van der Waals surface area contributed by atoms with E-state index in [0.717, 1.165) is 25.9 Å². The number of rotatable bonds is 5. The Morgan fingerprint density at radius 2 is 1.92 bits per heavy atom. The Bertz CT molecular complexity index is 1490. The van der Waals surface area contributed by atoms with Gasteiger partial charge in [-0.2, -0.15) is 9.49 Å². The number of nitrogens with zero attached hydrogens (tertiary/aromatic N) is 5. The summed E-state index contributed by atoms with van der Waals surface area (Å²) in [5.41, 5.74) is 1.49. The number of nitrogens with one attached hydrogen (secondary N) is 2. The maximum Gasteiger partial charge on any atom is 0.261 e. The van der Waals surface area contributed by atoms with E-state index in [9.17, 15) is 4.79 Å². The third-order valence-corrected chi connectivity index (χ3v) is 7.10. The van der Waals surface area contributed by atoms with Crippen molar-refractivity contribution < 1.29 is 18.3 Å². The van der Waals surface area contributed by atoms with E-state index >= 15 is 8.78 Å². The fourth-order valence-electron chi connectivity index (χ4n) is 4.88. The Hall–Kier alpha value is -3.73. The highest BCUT2D eigenvalue weighted by Gasteiger charge is 2.31. The molecule has 2 N–H and O–H groups in total. The topological polar surface area (TPSA) is 88.7 Å². The standard InChI is InChI=1S/C25H29F2N7O2/c1-14-11-34-13-17(22(36-5)20(27)23(34)29-14)30-24(35)19-16(26)10-18(15-12-32(4)31-21(15)19)33-8-6-25(2,28-3)7-9-33/h10-13,28H,6-9H2,1-5H3,(H,30,35). The first kappa shape index (κ1) is 24.0. The van der Waals surface area contributed by atoms with Crippen LogP contribution < -0.4 is 20.3 Å². The molecule has 1 aromatic carbocycles. The highest BCUT2D eigenvalue weighted by atomic mass is 19.1. The number of aromatic nitrogens is 4. The average Bonchev–Trinajstić information content (AvgIpc) is 3.41. The summed E-state index contributed by atoms with van der Waals surface area (Å²) in [5.74, 6) is -2.36.